The van der Waals surface area contributed by atoms with Gasteiger partial charge in [-0.2, -0.15) is 18.4 Å². The van der Waals surface area contributed by atoms with Crippen LogP contribution in [0.15, 0.2) is 12.1 Å². The summed E-state index contributed by atoms with van der Waals surface area (Å²) < 4.78 is 49.6. The fourth-order valence-electron chi connectivity index (χ4n) is 1.96. The summed E-state index contributed by atoms with van der Waals surface area (Å²) in [6.45, 7) is -0.419. The Bertz CT molecular complexity index is 700. The number of alkyl halides is 3. The molecule has 0 amide bonds. The minimum atomic E-state index is -4.62. The van der Waals surface area contributed by atoms with Crippen LogP contribution in [0.4, 0.5) is 13.2 Å². The summed E-state index contributed by atoms with van der Waals surface area (Å²) in [4.78, 5) is 3.53. The largest absolute Gasteiger partial charge is 0.454 e. The lowest BCUT2D eigenvalue weighted by Gasteiger charge is -2.07. The second kappa shape index (κ2) is 3.78. The van der Waals surface area contributed by atoms with Gasteiger partial charge in [0.05, 0.1) is 17.1 Å². The molecule has 0 radical (unpaired) electrons. The molecule has 0 bridgehead atoms. The van der Waals surface area contributed by atoms with E-state index in [9.17, 15) is 13.2 Å². The van der Waals surface area contributed by atoms with E-state index in [1.54, 1.807) is 6.07 Å². The molecular weight excluding hydrogens is 263 g/mol. The first kappa shape index (κ1) is 11.6. The van der Waals surface area contributed by atoms with Gasteiger partial charge in [-0.1, -0.05) is 0 Å². The van der Waals surface area contributed by atoms with Crippen LogP contribution in [-0.4, -0.2) is 16.3 Å². The molecule has 5 nitrogen and oxygen atoms in total. The lowest BCUT2D eigenvalue weighted by Crippen LogP contribution is -2.14. The Balaban J connectivity index is 2.29. The minimum Gasteiger partial charge on any atom is -0.454 e. The van der Waals surface area contributed by atoms with Gasteiger partial charge in [0.15, 0.2) is 11.5 Å². The Morgan fingerprint density at radius 2 is 2.00 bits per heavy atom. The van der Waals surface area contributed by atoms with E-state index in [-0.39, 0.29) is 17.8 Å². The van der Waals surface area contributed by atoms with Gasteiger partial charge in [-0.05, 0) is 0 Å². The molecule has 0 saturated heterocycles. The summed E-state index contributed by atoms with van der Waals surface area (Å²) in [7, 11) is 0. The van der Waals surface area contributed by atoms with Crippen LogP contribution in [0.5, 0.6) is 11.5 Å². The number of nitriles is 1. The van der Waals surface area contributed by atoms with Crippen molar-refractivity contribution in [3.8, 4) is 17.6 Å². The fourth-order valence-corrected chi connectivity index (χ4v) is 1.96. The number of halogens is 3. The van der Waals surface area contributed by atoms with Crippen molar-refractivity contribution in [3.63, 3.8) is 0 Å². The lowest BCUT2D eigenvalue weighted by molar-refractivity contribution is -0.146. The maximum Gasteiger partial charge on any atom is 0.449 e. The topological polar surface area (TPSA) is 60.1 Å². The Hall–Kier alpha value is -2.43. The van der Waals surface area contributed by atoms with Crippen LogP contribution in [0, 0.1) is 11.3 Å². The molecule has 0 fully saturated rings. The lowest BCUT2D eigenvalue weighted by atomic mass is 10.2. The molecule has 8 heteroatoms. The monoisotopic (exact) mass is 269 g/mol. The Labute approximate surface area is 104 Å². The van der Waals surface area contributed by atoms with Gasteiger partial charge < -0.3 is 14.0 Å². The summed E-state index contributed by atoms with van der Waals surface area (Å²) in [5, 5.41) is 8.66. The van der Waals surface area contributed by atoms with Crippen LogP contribution in [0.2, 0.25) is 0 Å². The van der Waals surface area contributed by atoms with Gasteiger partial charge in [-0.25, -0.2) is 4.98 Å². The quantitative estimate of drug-likeness (QED) is 0.797. The summed E-state index contributed by atoms with van der Waals surface area (Å²) in [5.74, 6) is -0.407. The van der Waals surface area contributed by atoms with Gasteiger partial charge in [0.25, 0.3) is 0 Å². The molecule has 1 aliphatic rings. The van der Waals surface area contributed by atoms with Crippen molar-refractivity contribution in [2.75, 3.05) is 6.79 Å². The van der Waals surface area contributed by atoms with Crippen LogP contribution in [0.3, 0.4) is 0 Å². The van der Waals surface area contributed by atoms with E-state index in [1.807, 2.05) is 0 Å². The molecule has 0 unspecified atom stereocenters. The maximum absolute atomic E-state index is 12.9. The number of benzene rings is 1. The van der Waals surface area contributed by atoms with Crippen molar-refractivity contribution >= 4 is 11.0 Å². The molecule has 19 heavy (non-hydrogen) atoms. The highest BCUT2D eigenvalue weighted by atomic mass is 19.4. The zero-order valence-electron chi connectivity index (χ0n) is 9.36. The SMILES string of the molecule is N#CCn1c(C(F)(F)F)nc2cc3c(cc21)OCO3. The van der Waals surface area contributed by atoms with Crippen molar-refractivity contribution in [2.45, 2.75) is 12.7 Å². The Kier molecular flexibility index (Phi) is 2.32. The third kappa shape index (κ3) is 1.74. The molecule has 0 spiro atoms. The van der Waals surface area contributed by atoms with E-state index >= 15 is 0 Å². The van der Waals surface area contributed by atoms with Crippen LogP contribution < -0.4 is 9.47 Å². The van der Waals surface area contributed by atoms with Gasteiger partial charge in [-0.3, -0.25) is 0 Å². The molecule has 2 aromatic rings. The molecular formula is C11H6F3N3O2. The first-order valence-corrected chi connectivity index (χ1v) is 5.25. The van der Waals surface area contributed by atoms with Crippen molar-refractivity contribution in [3.05, 3.63) is 18.0 Å². The van der Waals surface area contributed by atoms with Gasteiger partial charge >= 0.3 is 6.18 Å². The average molecular weight is 269 g/mol. The highest BCUT2D eigenvalue weighted by molar-refractivity contribution is 5.81. The molecule has 98 valence electrons. The molecule has 1 aromatic carbocycles. The first-order chi connectivity index (χ1) is 9.00. The standard InChI is InChI=1S/C11H6F3N3O2/c12-11(13,14)10-16-6-3-8-9(19-5-18-8)4-7(6)17(10)2-1-15/h3-4H,2,5H2. The number of nitrogens with zero attached hydrogens (tertiary/aromatic N) is 3. The van der Waals surface area contributed by atoms with Crippen molar-refractivity contribution in [1.82, 2.24) is 9.55 Å². The summed E-state index contributed by atoms with van der Waals surface area (Å²) >= 11 is 0. The zero-order chi connectivity index (χ0) is 13.6. The van der Waals surface area contributed by atoms with Crippen LogP contribution in [0.1, 0.15) is 5.82 Å². The molecule has 3 rings (SSSR count). The highest BCUT2D eigenvalue weighted by Gasteiger charge is 2.38. The number of imidazole rings is 1. The summed E-state index contributed by atoms with van der Waals surface area (Å²) in [6.07, 6.45) is -4.62. The van der Waals surface area contributed by atoms with E-state index in [4.69, 9.17) is 14.7 Å². The number of aromatic nitrogens is 2. The number of rotatable bonds is 1. The molecule has 0 saturated carbocycles. The second-order valence-corrected chi connectivity index (χ2v) is 3.87. The number of ether oxygens (including phenoxy) is 2. The molecule has 0 N–H and O–H groups in total. The Morgan fingerprint density at radius 1 is 1.32 bits per heavy atom. The number of hydrogen-bond donors (Lipinski definition) is 0. The van der Waals surface area contributed by atoms with Crippen molar-refractivity contribution < 1.29 is 22.6 Å². The summed E-state index contributed by atoms with van der Waals surface area (Å²) in [6, 6.07) is 4.47. The predicted molar refractivity (Wildman–Crippen MR) is 56.5 cm³/mol. The van der Waals surface area contributed by atoms with E-state index in [2.05, 4.69) is 4.98 Å². The third-order valence-electron chi connectivity index (χ3n) is 2.72. The molecule has 1 aliphatic heterocycles. The third-order valence-corrected chi connectivity index (χ3v) is 2.72. The predicted octanol–water partition coefficient (Wildman–Crippen LogP) is 2.31. The first-order valence-electron chi connectivity index (χ1n) is 5.25. The van der Waals surface area contributed by atoms with Gasteiger partial charge in [-0.15, -0.1) is 0 Å². The number of hydrogen-bond acceptors (Lipinski definition) is 4. The Morgan fingerprint density at radius 3 is 2.63 bits per heavy atom. The molecule has 1 aromatic heterocycles. The zero-order valence-corrected chi connectivity index (χ0v) is 9.36. The normalized spacial score (nSPS) is 13.8. The fraction of sp³-hybridized carbons (Fsp3) is 0.273. The number of fused-ring (bicyclic) bond motifs is 2. The van der Waals surface area contributed by atoms with E-state index in [1.165, 1.54) is 12.1 Å². The van der Waals surface area contributed by atoms with E-state index in [0.717, 1.165) is 4.57 Å². The molecule has 2 heterocycles. The summed E-state index contributed by atoms with van der Waals surface area (Å²) in [5.41, 5.74) is 0.310. The van der Waals surface area contributed by atoms with Gasteiger partial charge in [0.1, 0.15) is 6.54 Å². The van der Waals surface area contributed by atoms with Crippen molar-refractivity contribution in [1.29, 1.82) is 5.26 Å². The van der Waals surface area contributed by atoms with Crippen molar-refractivity contribution in [2.24, 2.45) is 0 Å². The minimum absolute atomic E-state index is 0.0202. The maximum atomic E-state index is 12.9. The molecule has 0 aliphatic carbocycles. The van der Waals surface area contributed by atoms with E-state index < -0.39 is 18.5 Å². The van der Waals surface area contributed by atoms with Crippen LogP contribution >= 0.6 is 0 Å². The van der Waals surface area contributed by atoms with Crippen LogP contribution in [-0.2, 0) is 12.7 Å². The second-order valence-electron chi connectivity index (χ2n) is 3.87. The van der Waals surface area contributed by atoms with Gasteiger partial charge in [0, 0.05) is 12.1 Å². The van der Waals surface area contributed by atoms with E-state index in [0.29, 0.717) is 11.5 Å². The molecule has 0 atom stereocenters. The van der Waals surface area contributed by atoms with Gasteiger partial charge in [0.2, 0.25) is 12.6 Å². The highest BCUT2D eigenvalue weighted by Crippen LogP contribution is 2.38. The van der Waals surface area contributed by atoms with Crippen LogP contribution in [0.25, 0.3) is 11.0 Å². The smallest absolute Gasteiger partial charge is 0.449 e. The average Bonchev–Trinajstić information content (AvgIpc) is 2.90.